The van der Waals surface area contributed by atoms with Crippen LogP contribution in [0.3, 0.4) is 0 Å². The normalized spacial score (nSPS) is 10.4. The summed E-state index contributed by atoms with van der Waals surface area (Å²) in [7, 11) is 0. The summed E-state index contributed by atoms with van der Waals surface area (Å²) in [6.07, 6.45) is 1.58. The molecule has 0 unspecified atom stereocenters. The molecule has 2 aromatic rings. The van der Waals surface area contributed by atoms with Gasteiger partial charge in [-0.2, -0.15) is 5.10 Å². The number of anilines is 1. The number of nitrogens with zero attached hydrogens (tertiary/aromatic N) is 1. The van der Waals surface area contributed by atoms with Crippen LogP contribution in [0.5, 0.6) is 5.75 Å². The second kappa shape index (κ2) is 8.64. The van der Waals surface area contributed by atoms with Gasteiger partial charge in [-0.25, -0.2) is 0 Å². The number of aryl methyl sites for hydroxylation is 1. The van der Waals surface area contributed by atoms with Crippen molar-refractivity contribution in [2.75, 3.05) is 11.9 Å². The Bertz CT molecular complexity index is 727. The summed E-state index contributed by atoms with van der Waals surface area (Å²) in [6, 6.07) is 14.7. The molecule has 2 rings (SSSR count). The van der Waals surface area contributed by atoms with E-state index in [4.69, 9.17) is 10.5 Å². The number of nitrogens with two attached hydrogens (primary N) is 1. The summed E-state index contributed by atoms with van der Waals surface area (Å²) in [4.78, 5) is 11.9. The molecule has 0 saturated heterocycles. The standard InChI is InChI=1S/C17H18N4O2S/c1-12-2-6-14(7-3-12)20-16(22)11-23-15-8-4-13(5-9-15)10-19-21-17(18)24/h2-10H,11H2,1H3,(H,20,22)(H3,18,21,24)/b19-10-. The smallest absolute Gasteiger partial charge is 0.262 e. The third kappa shape index (κ3) is 6.05. The molecule has 0 fully saturated rings. The van der Waals surface area contributed by atoms with E-state index in [1.54, 1.807) is 30.5 Å². The number of hydrogen-bond donors (Lipinski definition) is 3. The lowest BCUT2D eigenvalue weighted by Crippen LogP contribution is -2.23. The van der Waals surface area contributed by atoms with Crippen molar-refractivity contribution in [3.63, 3.8) is 0 Å². The van der Waals surface area contributed by atoms with Crippen LogP contribution in [-0.4, -0.2) is 23.8 Å². The summed E-state index contributed by atoms with van der Waals surface area (Å²) in [5.74, 6) is 0.374. The van der Waals surface area contributed by atoms with Crippen LogP contribution in [0.1, 0.15) is 11.1 Å². The Hall–Kier alpha value is -2.93. The Morgan fingerprint density at radius 3 is 2.50 bits per heavy atom. The first-order chi connectivity index (χ1) is 11.5. The average molecular weight is 342 g/mol. The van der Waals surface area contributed by atoms with Crippen LogP contribution in [0.15, 0.2) is 53.6 Å². The summed E-state index contributed by atoms with van der Waals surface area (Å²) >= 11 is 4.64. The van der Waals surface area contributed by atoms with Gasteiger partial charge < -0.3 is 15.8 Å². The highest BCUT2D eigenvalue weighted by atomic mass is 32.1. The van der Waals surface area contributed by atoms with Crippen LogP contribution in [0.25, 0.3) is 0 Å². The number of nitrogens with one attached hydrogen (secondary N) is 2. The molecule has 0 bridgehead atoms. The van der Waals surface area contributed by atoms with Crippen LogP contribution < -0.4 is 21.2 Å². The molecule has 1 amide bonds. The third-order valence-electron chi connectivity index (χ3n) is 2.97. The van der Waals surface area contributed by atoms with Crippen LogP contribution in [0.4, 0.5) is 5.69 Å². The molecule has 7 heteroatoms. The highest BCUT2D eigenvalue weighted by Gasteiger charge is 2.03. The van der Waals surface area contributed by atoms with Crippen molar-refractivity contribution < 1.29 is 9.53 Å². The lowest BCUT2D eigenvalue weighted by Gasteiger charge is -2.08. The predicted molar refractivity (Wildman–Crippen MR) is 99.3 cm³/mol. The van der Waals surface area contributed by atoms with E-state index in [2.05, 4.69) is 28.1 Å². The molecule has 0 radical (unpaired) electrons. The van der Waals surface area contributed by atoms with Crippen molar-refractivity contribution >= 4 is 35.1 Å². The lowest BCUT2D eigenvalue weighted by molar-refractivity contribution is -0.118. The zero-order valence-corrected chi connectivity index (χ0v) is 14.0. The molecular weight excluding hydrogens is 324 g/mol. The molecule has 124 valence electrons. The van der Waals surface area contributed by atoms with Gasteiger partial charge in [0.05, 0.1) is 6.21 Å². The summed E-state index contributed by atoms with van der Waals surface area (Å²) in [6.45, 7) is 1.92. The molecular formula is C17H18N4O2S. The fraction of sp³-hybridized carbons (Fsp3) is 0.118. The Kier molecular flexibility index (Phi) is 6.27. The molecule has 0 atom stereocenters. The molecule has 0 spiro atoms. The third-order valence-corrected chi connectivity index (χ3v) is 3.07. The van der Waals surface area contributed by atoms with Gasteiger partial charge in [0.1, 0.15) is 5.75 Å². The van der Waals surface area contributed by atoms with Crippen molar-refractivity contribution in [2.24, 2.45) is 10.8 Å². The van der Waals surface area contributed by atoms with E-state index >= 15 is 0 Å². The number of hydrazone groups is 1. The fourth-order valence-corrected chi connectivity index (χ4v) is 1.86. The van der Waals surface area contributed by atoms with Gasteiger partial charge in [0.15, 0.2) is 11.7 Å². The predicted octanol–water partition coefficient (Wildman–Crippen LogP) is 2.18. The van der Waals surface area contributed by atoms with Crippen LogP contribution >= 0.6 is 12.2 Å². The van der Waals surface area contributed by atoms with Gasteiger partial charge in [-0.1, -0.05) is 17.7 Å². The average Bonchev–Trinajstić information content (AvgIpc) is 2.56. The molecule has 24 heavy (non-hydrogen) atoms. The van der Waals surface area contributed by atoms with Crippen molar-refractivity contribution in [1.29, 1.82) is 0 Å². The fourth-order valence-electron chi connectivity index (χ4n) is 1.80. The molecule has 4 N–H and O–H groups in total. The minimum absolute atomic E-state index is 0.0652. The second-order valence-electron chi connectivity index (χ2n) is 5.01. The van der Waals surface area contributed by atoms with Crippen LogP contribution in [-0.2, 0) is 4.79 Å². The summed E-state index contributed by atoms with van der Waals surface area (Å²) < 4.78 is 5.45. The van der Waals surface area contributed by atoms with Crippen molar-refractivity contribution in [3.05, 3.63) is 59.7 Å². The maximum atomic E-state index is 11.9. The highest BCUT2D eigenvalue weighted by Crippen LogP contribution is 2.12. The van der Waals surface area contributed by atoms with Gasteiger partial charge in [-0.15, -0.1) is 0 Å². The van der Waals surface area contributed by atoms with Crippen LogP contribution in [0, 0.1) is 6.92 Å². The number of thiocarbonyl (C=S) groups is 1. The van der Waals surface area contributed by atoms with E-state index in [0.29, 0.717) is 5.75 Å². The largest absolute Gasteiger partial charge is 0.484 e. The van der Waals surface area contributed by atoms with E-state index < -0.39 is 0 Å². The maximum Gasteiger partial charge on any atom is 0.262 e. The zero-order valence-electron chi connectivity index (χ0n) is 13.2. The molecule has 0 aliphatic heterocycles. The topological polar surface area (TPSA) is 88.7 Å². The number of carbonyl (C=O) groups is 1. The summed E-state index contributed by atoms with van der Waals surface area (Å²) in [5, 5.41) is 6.73. The number of carbonyl (C=O) groups excluding carboxylic acids is 1. The first-order valence-electron chi connectivity index (χ1n) is 7.21. The quantitative estimate of drug-likeness (QED) is 0.425. The van der Waals surface area contributed by atoms with Crippen molar-refractivity contribution in [2.45, 2.75) is 6.92 Å². The Labute approximate surface area is 145 Å². The Morgan fingerprint density at radius 2 is 1.88 bits per heavy atom. The molecule has 0 aromatic heterocycles. The van der Waals surface area contributed by atoms with Gasteiger partial charge in [-0.05, 0) is 61.1 Å². The first kappa shape index (κ1) is 17.4. The lowest BCUT2D eigenvalue weighted by atomic mass is 10.2. The second-order valence-corrected chi connectivity index (χ2v) is 5.45. The van der Waals surface area contributed by atoms with E-state index in [-0.39, 0.29) is 17.6 Å². The maximum absolute atomic E-state index is 11.9. The number of amides is 1. The molecule has 0 heterocycles. The van der Waals surface area contributed by atoms with E-state index in [0.717, 1.165) is 16.8 Å². The van der Waals surface area contributed by atoms with Gasteiger partial charge in [0.2, 0.25) is 0 Å². The SMILES string of the molecule is Cc1ccc(NC(=O)COc2ccc(/C=N\NC(N)=S)cc2)cc1. The number of benzene rings is 2. The number of rotatable bonds is 6. The Morgan fingerprint density at radius 1 is 1.21 bits per heavy atom. The van der Waals surface area contributed by atoms with Crippen molar-refractivity contribution in [3.8, 4) is 5.75 Å². The molecule has 2 aromatic carbocycles. The monoisotopic (exact) mass is 342 g/mol. The van der Waals surface area contributed by atoms with Crippen molar-refractivity contribution in [1.82, 2.24) is 5.43 Å². The Balaban J connectivity index is 1.81. The molecule has 6 nitrogen and oxygen atoms in total. The highest BCUT2D eigenvalue weighted by molar-refractivity contribution is 7.80. The summed E-state index contributed by atoms with van der Waals surface area (Å²) in [5.41, 5.74) is 10.4. The zero-order chi connectivity index (χ0) is 17.4. The van der Waals surface area contributed by atoms with E-state index in [1.165, 1.54) is 0 Å². The van der Waals surface area contributed by atoms with E-state index in [9.17, 15) is 4.79 Å². The van der Waals surface area contributed by atoms with E-state index in [1.807, 2.05) is 31.2 Å². The van der Waals surface area contributed by atoms with Gasteiger partial charge >= 0.3 is 0 Å². The van der Waals surface area contributed by atoms with Gasteiger partial charge in [-0.3, -0.25) is 10.2 Å². The minimum Gasteiger partial charge on any atom is -0.484 e. The number of hydrogen-bond acceptors (Lipinski definition) is 4. The van der Waals surface area contributed by atoms with Crippen LogP contribution in [0.2, 0.25) is 0 Å². The van der Waals surface area contributed by atoms with Gasteiger partial charge in [0.25, 0.3) is 5.91 Å². The first-order valence-corrected chi connectivity index (χ1v) is 7.61. The minimum atomic E-state index is -0.217. The molecule has 0 saturated carbocycles. The molecule has 0 aliphatic rings. The van der Waals surface area contributed by atoms with Gasteiger partial charge in [0, 0.05) is 5.69 Å². The number of ether oxygens (including phenoxy) is 1. The molecule has 0 aliphatic carbocycles.